The number of nitrogens with one attached hydrogen (secondary N) is 1. The lowest BCUT2D eigenvalue weighted by atomic mass is 10.2. The van der Waals surface area contributed by atoms with Gasteiger partial charge in [-0.1, -0.05) is 12.1 Å². The number of carbonyl (C=O) groups is 1. The third-order valence-corrected chi connectivity index (χ3v) is 3.19. The van der Waals surface area contributed by atoms with E-state index in [4.69, 9.17) is 5.73 Å². The predicted octanol–water partition coefficient (Wildman–Crippen LogP) is 1.38. The molecule has 2 aromatic rings. The number of benzene rings is 1. The van der Waals surface area contributed by atoms with Gasteiger partial charge in [-0.05, 0) is 42.3 Å². The monoisotopic (exact) mass is 308 g/mol. The summed E-state index contributed by atoms with van der Waals surface area (Å²) in [6.45, 7) is 1.65. The van der Waals surface area contributed by atoms with Crippen LogP contribution in [0, 0.1) is 0 Å². The number of tetrazole rings is 1. The van der Waals surface area contributed by atoms with Crippen molar-refractivity contribution in [1.82, 2.24) is 20.2 Å². The first kappa shape index (κ1) is 15.4. The lowest BCUT2D eigenvalue weighted by Gasteiger charge is -2.09. The Morgan fingerprint density at radius 3 is 2.90 bits per heavy atom. The molecular weight excluding hydrogens is 292 g/mol. The lowest BCUT2D eigenvalue weighted by molar-refractivity contribution is -0.117. The second kappa shape index (κ2) is 6.19. The SMILES string of the molecule is C[C@H](N)C(=O)Nc1cccc(-c2nnnn2C2CC2)c1.Cl. The van der Waals surface area contributed by atoms with Crippen LogP contribution in [0.3, 0.4) is 0 Å². The van der Waals surface area contributed by atoms with Gasteiger partial charge in [0.15, 0.2) is 5.82 Å². The molecule has 21 heavy (non-hydrogen) atoms. The molecule has 7 nitrogen and oxygen atoms in total. The van der Waals surface area contributed by atoms with E-state index in [1.54, 1.807) is 6.92 Å². The summed E-state index contributed by atoms with van der Waals surface area (Å²) >= 11 is 0. The second-order valence-corrected chi connectivity index (χ2v) is 5.04. The molecule has 0 radical (unpaired) electrons. The molecule has 112 valence electrons. The van der Waals surface area contributed by atoms with E-state index in [1.165, 1.54) is 0 Å². The smallest absolute Gasteiger partial charge is 0.240 e. The number of aromatic nitrogens is 4. The maximum atomic E-state index is 11.6. The number of anilines is 1. The highest BCUT2D eigenvalue weighted by molar-refractivity contribution is 5.94. The van der Waals surface area contributed by atoms with Crippen LogP contribution in [0.15, 0.2) is 24.3 Å². The van der Waals surface area contributed by atoms with Gasteiger partial charge in [-0.15, -0.1) is 17.5 Å². The average molecular weight is 309 g/mol. The van der Waals surface area contributed by atoms with Crippen molar-refractivity contribution in [1.29, 1.82) is 0 Å². The minimum atomic E-state index is -0.546. The van der Waals surface area contributed by atoms with Gasteiger partial charge in [0.05, 0.1) is 12.1 Å². The Morgan fingerprint density at radius 1 is 1.48 bits per heavy atom. The average Bonchev–Trinajstić information content (AvgIpc) is 3.16. The molecule has 1 amide bonds. The maximum Gasteiger partial charge on any atom is 0.240 e. The Bertz CT molecular complexity index is 637. The zero-order valence-corrected chi connectivity index (χ0v) is 12.4. The summed E-state index contributed by atoms with van der Waals surface area (Å²) in [6, 6.07) is 7.31. The van der Waals surface area contributed by atoms with Gasteiger partial charge >= 0.3 is 0 Å². The summed E-state index contributed by atoms with van der Waals surface area (Å²) in [5, 5.41) is 14.6. The van der Waals surface area contributed by atoms with Crippen LogP contribution in [0.1, 0.15) is 25.8 Å². The number of nitrogens with zero attached hydrogens (tertiary/aromatic N) is 4. The second-order valence-electron chi connectivity index (χ2n) is 5.04. The van der Waals surface area contributed by atoms with E-state index in [1.807, 2.05) is 28.9 Å². The normalized spacial score (nSPS) is 15.1. The third kappa shape index (κ3) is 3.37. The molecule has 0 aliphatic heterocycles. The van der Waals surface area contributed by atoms with E-state index >= 15 is 0 Å². The number of carbonyl (C=O) groups excluding carboxylic acids is 1. The van der Waals surface area contributed by atoms with Crippen molar-refractivity contribution in [2.45, 2.75) is 31.8 Å². The van der Waals surface area contributed by atoms with Gasteiger partial charge in [-0.3, -0.25) is 4.79 Å². The van der Waals surface area contributed by atoms with Gasteiger partial charge in [0.2, 0.25) is 5.91 Å². The molecule has 3 N–H and O–H groups in total. The summed E-state index contributed by atoms with van der Waals surface area (Å²) in [6.07, 6.45) is 2.22. The fourth-order valence-corrected chi connectivity index (χ4v) is 1.94. The summed E-state index contributed by atoms with van der Waals surface area (Å²) in [7, 11) is 0. The first-order chi connectivity index (χ1) is 9.65. The Morgan fingerprint density at radius 2 is 2.24 bits per heavy atom. The molecular formula is C13H17ClN6O. The quantitative estimate of drug-likeness (QED) is 0.889. The Hall–Kier alpha value is -1.99. The number of hydrogen-bond donors (Lipinski definition) is 2. The highest BCUT2D eigenvalue weighted by atomic mass is 35.5. The Balaban J connectivity index is 0.00000161. The highest BCUT2D eigenvalue weighted by Crippen LogP contribution is 2.36. The molecule has 0 bridgehead atoms. The van der Waals surface area contributed by atoms with Gasteiger partial charge in [0.1, 0.15) is 0 Å². The van der Waals surface area contributed by atoms with E-state index < -0.39 is 6.04 Å². The first-order valence-corrected chi connectivity index (χ1v) is 6.60. The predicted molar refractivity (Wildman–Crippen MR) is 81.1 cm³/mol. The van der Waals surface area contributed by atoms with Crippen molar-refractivity contribution in [2.24, 2.45) is 5.73 Å². The van der Waals surface area contributed by atoms with E-state index in [0.29, 0.717) is 11.7 Å². The number of hydrogen-bond acceptors (Lipinski definition) is 5. The molecule has 0 saturated heterocycles. The van der Waals surface area contributed by atoms with Crippen molar-refractivity contribution in [3.63, 3.8) is 0 Å². The van der Waals surface area contributed by atoms with Crippen LogP contribution in [0.2, 0.25) is 0 Å². The number of rotatable bonds is 4. The molecule has 0 unspecified atom stereocenters. The first-order valence-electron chi connectivity index (χ1n) is 6.60. The molecule has 1 aliphatic carbocycles. The maximum absolute atomic E-state index is 11.6. The van der Waals surface area contributed by atoms with Crippen LogP contribution in [-0.2, 0) is 4.79 Å². The molecule has 1 heterocycles. The minimum Gasteiger partial charge on any atom is -0.325 e. The fourth-order valence-electron chi connectivity index (χ4n) is 1.94. The zero-order chi connectivity index (χ0) is 14.1. The lowest BCUT2D eigenvalue weighted by Crippen LogP contribution is -2.32. The van der Waals surface area contributed by atoms with E-state index in [0.717, 1.165) is 24.2 Å². The van der Waals surface area contributed by atoms with Crippen LogP contribution < -0.4 is 11.1 Å². The summed E-state index contributed by atoms with van der Waals surface area (Å²) < 4.78 is 1.84. The summed E-state index contributed by atoms with van der Waals surface area (Å²) in [5.74, 6) is 0.508. The Kier molecular flexibility index (Phi) is 4.54. The van der Waals surface area contributed by atoms with Gasteiger partial charge < -0.3 is 11.1 Å². The van der Waals surface area contributed by atoms with Crippen LogP contribution in [0.4, 0.5) is 5.69 Å². The Labute approximate surface area is 128 Å². The van der Waals surface area contributed by atoms with Crippen molar-refractivity contribution in [3.8, 4) is 11.4 Å². The van der Waals surface area contributed by atoms with Crippen LogP contribution in [-0.4, -0.2) is 32.2 Å². The summed E-state index contributed by atoms with van der Waals surface area (Å²) in [5.41, 5.74) is 7.11. The van der Waals surface area contributed by atoms with Crippen molar-refractivity contribution in [2.75, 3.05) is 5.32 Å². The zero-order valence-electron chi connectivity index (χ0n) is 11.6. The highest BCUT2D eigenvalue weighted by Gasteiger charge is 2.28. The van der Waals surface area contributed by atoms with Crippen molar-refractivity contribution >= 4 is 24.0 Å². The largest absolute Gasteiger partial charge is 0.325 e. The molecule has 1 aromatic heterocycles. The fraction of sp³-hybridized carbons (Fsp3) is 0.385. The van der Waals surface area contributed by atoms with E-state index in [2.05, 4.69) is 20.8 Å². The van der Waals surface area contributed by atoms with Gasteiger partial charge in [-0.25, -0.2) is 4.68 Å². The van der Waals surface area contributed by atoms with E-state index in [-0.39, 0.29) is 18.3 Å². The topological polar surface area (TPSA) is 98.7 Å². The molecule has 1 fully saturated rings. The van der Waals surface area contributed by atoms with Crippen LogP contribution in [0.5, 0.6) is 0 Å². The number of halogens is 1. The molecule has 1 atom stereocenters. The summed E-state index contributed by atoms with van der Waals surface area (Å²) in [4.78, 5) is 11.6. The molecule has 1 saturated carbocycles. The number of nitrogens with two attached hydrogens (primary N) is 1. The molecule has 1 aromatic carbocycles. The molecule has 0 spiro atoms. The van der Waals surface area contributed by atoms with Crippen molar-refractivity contribution < 1.29 is 4.79 Å². The van der Waals surface area contributed by atoms with Crippen LogP contribution >= 0.6 is 12.4 Å². The van der Waals surface area contributed by atoms with Crippen LogP contribution in [0.25, 0.3) is 11.4 Å². The van der Waals surface area contributed by atoms with Crippen molar-refractivity contribution in [3.05, 3.63) is 24.3 Å². The van der Waals surface area contributed by atoms with E-state index in [9.17, 15) is 4.79 Å². The molecule has 1 aliphatic rings. The van der Waals surface area contributed by atoms with Gasteiger partial charge in [-0.2, -0.15) is 0 Å². The standard InChI is InChI=1S/C13H16N6O.ClH/c1-8(14)13(20)15-10-4-2-3-9(7-10)12-16-17-18-19(12)11-5-6-11;/h2-4,7-8,11H,5-6,14H2,1H3,(H,15,20);1H/t8-;/m0./s1. The molecule has 8 heteroatoms. The minimum absolute atomic E-state index is 0. The number of amides is 1. The third-order valence-electron chi connectivity index (χ3n) is 3.19. The van der Waals surface area contributed by atoms with Gasteiger partial charge in [0.25, 0.3) is 0 Å². The van der Waals surface area contributed by atoms with Gasteiger partial charge in [0, 0.05) is 11.3 Å². The molecule has 3 rings (SSSR count).